The number of alkyl halides is 1. The van der Waals surface area contributed by atoms with Crippen molar-refractivity contribution in [1.29, 1.82) is 0 Å². The SMILES string of the molecule is CCCCCCCCCC(=O)N1CCC(C)C1CCl. The van der Waals surface area contributed by atoms with Gasteiger partial charge in [-0.3, -0.25) is 4.79 Å². The Bertz CT molecular complexity index is 257. The summed E-state index contributed by atoms with van der Waals surface area (Å²) in [6.45, 7) is 5.35. The zero-order valence-electron chi connectivity index (χ0n) is 12.7. The Labute approximate surface area is 123 Å². The molecule has 1 aliphatic rings. The maximum absolute atomic E-state index is 12.2. The van der Waals surface area contributed by atoms with Crippen molar-refractivity contribution in [1.82, 2.24) is 4.90 Å². The minimum atomic E-state index is 0.277. The van der Waals surface area contributed by atoms with Crippen LogP contribution in [-0.2, 0) is 4.79 Å². The normalized spacial score (nSPS) is 23.0. The first-order valence-corrected chi connectivity index (χ1v) is 8.59. The van der Waals surface area contributed by atoms with E-state index in [0.29, 0.717) is 24.1 Å². The average Bonchev–Trinajstić information content (AvgIpc) is 2.78. The average molecular weight is 288 g/mol. The molecule has 0 aromatic heterocycles. The Morgan fingerprint density at radius 1 is 1.16 bits per heavy atom. The second-order valence-electron chi connectivity index (χ2n) is 5.95. The number of carbonyl (C=O) groups is 1. The number of unbranched alkanes of at least 4 members (excludes halogenated alkanes) is 6. The van der Waals surface area contributed by atoms with E-state index in [0.717, 1.165) is 19.4 Å². The summed E-state index contributed by atoms with van der Waals surface area (Å²) in [7, 11) is 0. The van der Waals surface area contributed by atoms with Crippen molar-refractivity contribution in [3.8, 4) is 0 Å². The summed E-state index contributed by atoms with van der Waals surface area (Å²) in [4.78, 5) is 14.2. The summed E-state index contributed by atoms with van der Waals surface area (Å²) in [6, 6.07) is 0.277. The fourth-order valence-corrected chi connectivity index (χ4v) is 3.40. The zero-order chi connectivity index (χ0) is 14.1. The van der Waals surface area contributed by atoms with Gasteiger partial charge in [-0.05, 0) is 18.8 Å². The molecule has 1 heterocycles. The van der Waals surface area contributed by atoms with Gasteiger partial charge < -0.3 is 4.90 Å². The van der Waals surface area contributed by atoms with Gasteiger partial charge in [-0.2, -0.15) is 0 Å². The first-order chi connectivity index (χ1) is 9.20. The summed E-state index contributed by atoms with van der Waals surface area (Å²) in [5.74, 6) is 1.48. The maximum atomic E-state index is 12.2. The highest BCUT2D eigenvalue weighted by molar-refractivity contribution is 6.18. The lowest BCUT2D eigenvalue weighted by molar-refractivity contribution is -0.132. The Kier molecular flexibility index (Phi) is 8.52. The Morgan fingerprint density at radius 2 is 1.79 bits per heavy atom. The van der Waals surface area contributed by atoms with Crippen molar-refractivity contribution in [2.45, 2.75) is 77.7 Å². The van der Waals surface area contributed by atoms with E-state index in [1.165, 1.54) is 38.5 Å². The van der Waals surface area contributed by atoms with Crippen molar-refractivity contribution in [2.75, 3.05) is 12.4 Å². The molecule has 1 fully saturated rings. The smallest absolute Gasteiger partial charge is 0.222 e. The summed E-state index contributed by atoms with van der Waals surface area (Å²) in [5.41, 5.74) is 0. The van der Waals surface area contributed by atoms with Crippen LogP contribution in [0, 0.1) is 5.92 Å². The number of likely N-dealkylation sites (tertiary alicyclic amines) is 1. The van der Waals surface area contributed by atoms with Crippen LogP contribution in [0.4, 0.5) is 0 Å². The van der Waals surface area contributed by atoms with Crippen LogP contribution in [0.2, 0.25) is 0 Å². The van der Waals surface area contributed by atoms with Crippen LogP contribution in [-0.4, -0.2) is 29.3 Å². The van der Waals surface area contributed by atoms with Gasteiger partial charge >= 0.3 is 0 Å². The second-order valence-corrected chi connectivity index (χ2v) is 6.25. The highest BCUT2D eigenvalue weighted by atomic mass is 35.5. The van der Waals surface area contributed by atoms with Crippen LogP contribution in [0.25, 0.3) is 0 Å². The van der Waals surface area contributed by atoms with Crippen LogP contribution in [0.5, 0.6) is 0 Å². The zero-order valence-corrected chi connectivity index (χ0v) is 13.4. The van der Waals surface area contributed by atoms with Crippen molar-refractivity contribution >= 4 is 17.5 Å². The molecule has 0 aliphatic carbocycles. The molecule has 2 unspecified atom stereocenters. The van der Waals surface area contributed by atoms with Gasteiger partial charge in [-0.1, -0.05) is 52.4 Å². The number of carbonyl (C=O) groups excluding carboxylic acids is 1. The fraction of sp³-hybridized carbons (Fsp3) is 0.938. The van der Waals surface area contributed by atoms with Crippen LogP contribution in [0.3, 0.4) is 0 Å². The predicted molar refractivity (Wildman–Crippen MR) is 82.6 cm³/mol. The monoisotopic (exact) mass is 287 g/mol. The predicted octanol–water partition coefficient (Wildman–Crippen LogP) is 4.60. The molecule has 19 heavy (non-hydrogen) atoms. The summed E-state index contributed by atoms with van der Waals surface area (Å²) >= 11 is 5.98. The molecule has 1 saturated heterocycles. The van der Waals surface area contributed by atoms with Crippen molar-refractivity contribution in [3.05, 3.63) is 0 Å². The van der Waals surface area contributed by atoms with Crippen LogP contribution >= 0.6 is 11.6 Å². The van der Waals surface area contributed by atoms with E-state index in [9.17, 15) is 4.79 Å². The molecular weight excluding hydrogens is 258 g/mol. The third-order valence-electron chi connectivity index (χ3n) is 4.36. The van der Waals surface area contributed by atoms with E-state index in [2.05, 4.69) is 13.8 Å². The van der Waals surface area contributed by atoms with Gasteiger partial charge in [0, 0.05) is 24.9 Å². The molecule has 1 rings (SSSR count). The van der Waals surface area contributed by atoms with Crippen molar-refractivity contribution < 1.29 is 4.79 Å². The molecule has 3 heteroatoms. The van der Waals surface area contributed by atoms with Gasteiger partial charge in [-0.15, -0.1) is 11.6 Å². The Balaban J connectivity index is 2.11. The largest absolute Gasteiger partial charge is 0.338 e. The summed E-state index contributed by atoms with van der Waals surface area (Å²) in [6.07, 6.45) is 10.7. The molecule has 2 nitrogen and oxygen atoms in total. The maximum Gasteiger partial charge on any atom is 0.222 e. The molecule has 112 valence electrons. The molecule has 0 saturated carbocycles. The molecule has 0 radical (unpaired) electrons. The van der Waals surface area contributed by atoms with Gasteiger partial charge in [0.05, 0.1) is 0 Å². The lowest BCUT2D eigenvalue weighted by Crippen LogP contribution is -2.38. The third-order valence-corrected chi connectivity index (χ3v) is 4.67. The van der Waals surface area contributed by atoms with Crippen LogP contribution in [0.15, 0.2) is 0 Å². The van der Waals surface area contributed by atoms with Gasteiger partial charge in [0.2, 0.25) is 5.91 Å². The molecular formula is C16H30ClNO. The number of hydrogen-bond acceptors (Lipinski definition) is 1. The second kappa shape index (κ2) is 9.63. The van der Waals surface area contributed by atoms with Crippen molar-refractivity contribution in [3.63, 3.8) is 0 Å². The lowest BCUT2D eigenvalue weighted by atomic mass is 10.0. The highest BCUT2D eigenvalue weighted by Crippen LogP contribution is 2.25. The molecule has 2 atom stereocenters. The fourth-order valence-electron chi connectivity index (χ4n) is 2.93. The Morgan fingerprint density at radius 3 is 2.42 bits per heavy atom. The van der Waals surface area contributed by atoms with Gasteiger partial charge in [0.1, 0.15) is 0 Å². The topological polar surface area (TPSA) is 20.3 Å². The third kappa shape index (κ3) is 5.72. The summed E-state index contributed by atoms with van der Waals surface area (Å²) < 4.78 is 0. The van der Waals surface area contributed by atoms with E-state index in [-0.39, 0.29) is 6.04 Å². The minimum absolute atomic E-state index is 0.277. The van der Waals surface area contributed by atoms with E-state index < -0.39 is 0 Å². The van der Waals surface area contributed by atoms with Crippen molar-refractivity contribution in [2.24, 2.45) is 5.92 Å². The highest BCUT2D eigenvalue weighted by Gasteiger charge is 2.32. The molecule has 0 spiro atoms. The number of halogens is 1. The molecule has 0 aromatic rings. The molecule has 0 aromatic carbocycles. The van der Waals surface area contributed by atoms with Gasteiger partial charge in [0.15, 0.2) is 0 Å². The molecule has 1 amide bonds. The minimum Gasteiger partial charge on any atom is -0.338 e. The van der Waals surface area contributed by atoms with E-state index in [4.69, 9.17) is 11.6 Å². The molecule has 0 bridgehead atoms. The number of nitrogens with zero attached hydrogens (tertiary/aromatic N) is 1. The molecule has 0 N–H and O–H groups in total. The standard InChI is InChI=1S/C16H30ClNO/c1-3-4-5-6-7-8-9-10-16(19)18-12-11-14(2)15(18)13-17/h14-15H,3-13H2,1-2H3. The lowest BCUT2D eigenvalue weighted by Gasteiger charge is -2.25. The van der Waals surface area contributed by atoms with Gasteiger partial charge in [0.25, 0.3) is 0 Å². The Hall–Kier alpha value is -0.240. The number of hydrogen-bond donors (Lipinski definition) is 0. The summed E-state index contributed by atoms with van der Waals surface area (Å²) in [5, 5.41) is 0. The molecule has 1 aliphatic heterocycles. The van der Waals surface area contributed by atoms with Crippen LogP contribution in [0.1, 0.15) is 71.6 Å². The van der Waals surface area contributed by atoms with E-state index in [1.54, 1.807) is 0 Å². The van der Waals surface area contributed by atoms with Crippen LogP contribution < -0.4 is 0 Å². The van der Waals surface area contributed by atoms with E-state index in [1.807, 2.05) is 4.90 Å². The first kappa shape index (κ1) is 16.8. The number of rotatable bonds is 9. The quantitative estimate of drug-likeness (QED) is 0.448. The first-order valence-electron chi connectivity index (χ1n) is 8.06. The number of amides is 1. The van der Waals surface area contributed by atoms with Gasteiger partial charge in [-0.25, -0.2) is 0 Å². The van der Waals surface area contributed by atoms with E-state index >= 15 is 0 Å².